The van der Waals surface area contributed by atoms with Crippen molar-refractivity contribution in [3.63, 3.8) is 0 Å². The minimum Gasteiger partial charge on any atom is -0.508 e. The van der Waals surface area contributed by atoms with Gasteiger partial charge in [0.1, 0.15) is 5.75 Å². The number of anilines is 1. The van der Waals surface area contributed by atoms with E-state index in [1.165, 1.54) is 11.8 Å². The molecular formula is C23H22N2O3S. The molecule has 0 fully saturated rings. The van der Waals surface area contributed by atoms with Crippen molar-refractivity contribution in [2.45, 2.75) is 17.9 Å². The zero-order valence-corrected chi connectivity index (χ0v) is 16.8. The quantitative estimate of drug-likeness (QED) is 0.501. The number of amides is 2. The number of phenols is 1. The average molecular weight is 407 g/mol. The van der Waals surface area contributed by atoms with Crippen molar-refractivity contribution in [3.8, 4) is 5.75 Å². The first-order valence-corrected chi connectivity index (χ1v) is 10.2. The highest BCUT2D eigenvalue weighted by Gasteiger charge is 2.16. The van der Waals surface area contributed by atoms with Crippen molar-refractivity contribution < 1.29 is 14.7 Å². The molecular weight excluding hydrogens is 384 g/mol. The summed E-state index contributed by atoms with van der Waals surface area (Å²) < 4.78 is 0. The predicted octanol–water partition coefficient (Wildman–Crippen LogP) is 4.61. The normalized spacial score (nSPS) is 11.5. The molecule has 0 saturated carbocycles. The zero-order chi connectivity index (χ0) is 20.6. The minimum absolute atomic E-state index is 0.155. The molecule has 3 aromatic carbocycles. The van der Waals surface area contributed by atoms with Crippen LogP contribution >= 0.6 is 11.8 Å². The third kappa shape index (κ3) is 5.86. The molecule has 3 N–H and O–H groups in total. The molecule has 0 radical (unpaired) electrons. The Morgan fingerprint density at radius 1 is 0.931 bits per heavy atom. The lowest BCUT2D eigenvalue weighted by atomic mass is 10.1. The first kappa shape index (κ1) is 20.5. The van der Waals surface area contributed by atoms with Crippen molar-refractivity contribution in [1.29, 1.82) is 0 Å². The lowest BCUT2D eigenvalue weighted by Crippen LogP contribution is -2.28. The molecule has 2 amide bonds. The fourth-order valence-electron chi connectivity index (χ4n) is 2.77. The van der Waals surface area contributed by atoms with Crippen LogP contribution in [0.25, 0.3) is 0 Å². The van der Waals surface area contributed by atoms with E-state index in [2.05, 4.69) is 10.6 Å². The van der Waals surface area contributed by atoms with E-state index in [0.29, 0.717) is 11.3 Å². The standard InChI is InChI=1S/C23H22N2O3S/c1-16(17-7-3-2-4-8-17)24-23(28)20-9-5-6-10-21(20)25-22(27)15-29-19-13-11-18(26)12-14-19/h2-14,16,26H,15H2,1H3,(H,24,28)(H,25,27). The highest BCUT2D eigenvalue weighted by Crippen LogP contribution is 2.22. The van der Waals surface area contributed by atoms with E-state index in [4.69, 9.17) is 0 Å². The van der Waals surface area contributed by atoms with Crippen molar-refractivity contribution >= 4 is 29.3 Å². The third-order valence-electron chi connectivity index (χ3n) is 4.30. The van der Waals surface area contributed by atoms with Gasteiger partial charge in [-0.2, -0.15) is 0 Å². The van der Waals surface area contributed by atoms with Crippen LogP contribution in [0, 0.1) is 0 Å². The summed E-state index contributed by atoms with van der Waals surface area (Å²) in [5, 5.41) is 15.1. The maximum Gasteiger partial charge on any atom is 0.253 e. The lowest BCUT2D eigenvalue weighted by molar-refractivity contribution is -0.113. The van der Waals surface area contributed by atoms with Crippen LogP contribution in [0.15, 0.2) is 83.8 Å². The van der Waals surface area contributed by atoms with E-state index < -0.39 is 0 Å². The summed E-state index contributed by atoms with van der Waals surface area (Å²) in [7, 11) is 0. The van der Waals surface area contributed by atoms with Crippen LogP contribution in [0.1, 0.15) is 28.9 Å². The van der Waals surface area contributed by atoms with Gasteiger partial charge in [0, 0.05) is 4.90 Å². The smallest absolute Gasteiger partial charge is 0.253 e. The molecule has 0 bridgehead atoms. The summed E-state index contributed by atoms with van der Waals surface area (Å²) in [5.74, 6) is -0.0763. The van der Waals surface area contributed by atoms with Gasteiger partial charge in [-0.25, -0.2) is 0 Å². The number of nitrogens with one attached hydrogen (secondary N) is 2. The second-order valence-electron chi connectivity index (χ2n) is 6.48. The Morgan fingerprint density at radius 2 is 1.59 bits per heavy atom. The second-order valence-corrected chi connectivity index (χ2v) is 7.53. The molecule has 3 aromatic rings. The number of carbonyl (C=O) groups excluding carboxylic acids is 2. The van der Waals surface area contributed by atoms with Gasteiger partial charge in [-0.05, 0) is 48.9 Å². The number of para-hydroxylation sites is 1. The fraction of sp³-hybridized carbons (Fsp3) is 0.130. The molecule has 0 aliphatic rings. The summed E-state index contributed by atoms with van der Waals surface area (Å²) in [6.45, 7) is 1.92. The zero-order valence-electron chi connectivity index (χ0n) is 16.0. The summed E-state index contributed by atoms with van der Waals surface area (Å²) in [6.07, 6.45) is 0. The molecule has 0 heterocycles. The van der Waals surface area contributed by atoms with E-state index in [1.807, 2.05) is 37.3 Å². The summed E-state index contributed by atoms with van der Waals surface area (Å²) in [5.41, 5.74) is 1.90. The Bertz CT molecular complexity index is 975. The number of aromatic hydroxyl groups is 1. The molecule has 5 nitrogen and oxygen atoms in total. The maximum atomic E-state index is 12.8. The fourth-order valence-corrected chi connectivity index (χ4v) is 3.47. The van der Waals surface area contributed by atoms with E-state index in [0.717, 1.165) is 10.5 Å². The number of rotatable bonds is 7. The molecule has 1 atom stereocenters. The summed E-state index contributed by atoms with van der Waals surface area (Å²) in [6, 6.07) is 23.1. The number of benzene rings is 3. The molecule has 3 rings (SSSR count). The molecule has 1 unspecified atom stereocenters. The highest BCUT2D eigenvalue weighted by molar-refractivity contribution is 8.00. The van der Waals surface area contributed by atoms with Gasteiger partial charge >= 0.3 is 0 Å². The maximum absolute atomic E-state index is 12.8. The van der Waals surface area contributed by atoms with Crippen LogP contribution in [-0.2, 0) is 4.79 Å². The number of thioether (sulfide) groups is 1. The van der Waals surface area contributed by atoms with Crippen LogP contribution in [0.3, 0.4) is 0 Å². The van der Waals surface area contributed by atoms with Crippen molar-refractivity contribution in [1.82, 2.24) is 5.32 Å². The van der Waals surface area contributed by atoms with Gasteiger partial charge in [0.2, 0.25) is 5.91 Å². The summed E-state index contributed by atoms with van der Waals surface area (Å²) >= 11 is 1.35. The topological polar surface area (TPSA) is 78.4 Å². The van der Waals surface area contributed by atoms with Gasteiger partial charge in [-0.15, -0.1) is 11.8 Å². The molecule has 148 valence electrons. The lowest BCUT2D eigenvalue weighted by Gasteiger charge is -2.16. The molecule has 0 aromatic heterocycles. The highest BCUT2D eigenvalue weighted by atomic mass is 32.2. The Labute approximate surface area is 174 Å². The van der Waals surface area contributed by atoms with Gasteiger partial charge in [0.15, 0.2) is 0 Å². The van der Waals surface area contributed by atoms with Crippen LogP contribution in [0.2, 0.25) is 0 Å². The van der Waals surface area contributed by atoms with E-state index in [1.54, 1.807) is 48.5 Å². The molecule has 0 saturated heterocycles. The number of hydrogen-bond acceptors (Lipinski definition) is 4. The monoisotopic (exact) mass is 406 g/mol. The van der Waals surface area contributed by atoms with Gasteiger partial charge < -0.3 is 15.7 Å². The summed E-state index contributed by atoms with van der Waals surface area (Å²) in [4.78, 5) is 26.0. The molecule has 0 spiro atoms. The third-order valence-corrected chi connectivity index (χ3v) is 5.31. The average Bonchev–Trinajstić information content (AvgIpc) is 2.74. The van der Waals surface area contributed by atoms with Gasteiger partial charge in [-0.1, -0.05) is 42.5 Å². The van der Waals surface area contributed by atoms with Gasteiger partial charge in [0.25, 0.3) is 5.91 Å². The Hall–Kier alpha value is -3.25. The molecule has 0 aliphatic heterocycles. The van der Waals surface area contributed by atoms with Crippen molar-refractivity contribution in [2.24, 2.45) is 0 Å². The van der Waals surface area contributed by atoms with Crippen LogP contribution in [0.4, 0.5) is 5.69 Å². The van der Waals surface area contributed by atoms with Crippen LogP contribution in [-0.4, -0.2) is 22.7 Å². The number of carbonyl (C=O) groups is 2. The largest absolute Gasteiger partial charge is 0.508 e. The first-order chi connectivity index (χ1) is 14.0. The SMILES string of the molecule is CC(NC(=O)c1ccccc1NC(=O)CSc1ccc(O)cc1)c1ccccc1. The molecule has 29 heavy (non-hydrogen) atoms. The Morgan fingerprint density at radius 3 is 2.31 bits per heavy atom. The Balaban J connectivity index is 1.62. The van der Waals surface area contributed by atoms with Crippen molar-refractivity contribution in [2.75, 3.05) is 11.1 Å². The first-order valence-electron chi connectivity index (χ1n) is 9.19. The molecule has 6 heteroatoms. The van der Waals surface area contributed by atoms with Crippen LogP contribution < -0.4 is 10.6 Å². The van der Waals surface area contributed by atoms with Crippen molar-refractivity contribution in [3.05, 3.63) is 90.0 Å². The van der Waals surface area contributed by atoms with Gasteiger partial charge in [0.05, 0.1) is 23.0 Å². The predicted molar refractivity (Wildman–Crippen MR) is 116 cm³/mol. The number of hydrogen-bond donors (Lipinski definition) is 3. The van der Waals surface area contributed by atoms with Gasteiger partial charge in [-0.3, -0.25) is 9.59 Å². The van der Waals surface area contributed by atoms with E-state index in [9.17, 15) is 14.7 Å². The van der Waals surface area contributed by atoms with E-state index >= 15 is 0 Å². The second kappa shape index (κ2) is 9.80. The Kier molecular flexibility index (Phi) is 6.92. The van der Waals surface area contributed by atoms with E-state index in [-0.39, 0.29) is 29.4 Å². The minimum atomic E-state index is -0.247. The number of phenolic OH excluding ortho intramolecular Hbond substituents is 1. The molecule has 0 aliphatic carbocycles. The van der Waals surface area contributed by atoms with Crippen LogP contribution in [0.5, 0.6) is 5.75 Å².